The van der Waals surface area contributed by atoms with Gasteiger partial charge in [-0.15, -0.1) is 0 Å². The number of hydrogen-bond donors (Lipinski definition) is 0. The molecule has 3 heteroatoms. The molecule has 0 aromatic heterocycles. The third-order valence-corrected chi connectivity index (χ3v) is 5.48. The van der Waals surface area contributed by atoms with E-state index in [4.69, 9.17) is 37.0 Å². The van der Waals surface area contributed by atoms with Crippen LogP contribution in [-0.2, 0) is 0 Å². The molecule has 0 radical (unpaired) electrons. The van der Waals surface area contributed by atoms with Crippen molar-refractivity contribution in [2.45, 2.75) is 35.2 Å². The average molecular weight is 290 g/mol. The fourth-order valence-electron chi connectivity index (χ4n) is 0.188. The minimum absolute atomic E-state index is 3.58. The van der Waals surface area contributed by atoms with Crippen molar-refractivity contribution in [1.82, 2.24) is 0 Å². The molecule has 0 amide bonds. The van der Waals surface area contributed by atoms with Crippen LogP contribution in [0.25, 0.3) is 0 Å². The Morgan fingerprint density at radius 1 is 1.33 bits per heavy atom. The van der Waals surface area contributed by atoms with Crippen molar-refractivity contribution in [3.8, 4) is 0 Å². The van der Waals surface area contributed by atoms with Gasteiger partial charge in [-0.2, -0.15) is 0 Å². The fraction of sp³-hybridized carbons (Fsp3) is 1.00. The van der Waals surface area contributed by atoms with Gasteiger partial charge in [-0.25, -0.2) is 0 Å². The van der Waals surface area contributed by atoms with E-state index in [9.17, 15) is 0 Å². The molecule has 0 aromatic carbocycles. The van der Waals surface area contributed by atoms with Crippen LogP contribution in [0, 0.1) is 0 Å². The molecule has 0 aliphatic rings. The molecule has 0 fully saturated rings. The standard InChI is InChI=1S/2C3H7.2ClH.Sn/c2*1-3-2;;;/h2*1,3H2,2H3;2*1H;/q;;;;+2/p-2/i2*1D2,2D3,3D2;;;. The van der Waals surface area contributed by atoms with Gasteiger partial charge in [-0.1, -0.05) is 0 Å². The zero-order valence-electron chi connectivity index (χ0n) is 18.3. The Kier molecular flexibility index (Phi) is 0.944. The Hall–Kier alpha value is 1.38. The Balaban J connectivity index is 6.37. The quantitative estimate of drug-likeness (QED) is 0.692. The molecule has 0 saturated carbocycles. The molecule has 0 N–H and O–H groups in total. The number of rotatable bonds is 4. The summed E-state index contributed by atoms with van der Waals surface area (Å²) in [7, 11) is 11.5. The molecule has 0 spiro atoms. The number of halogens is 2. The zero-order chi connectivity index (χ0) is 19.5. The van der Waals surface area contributed by atoms with Crippen LogP contribution in [0.2, 0.25) is 8.78 Å². The molecule has 0 nitrogen and oxygen atoms in total. The third-order valence-electron chi connectivity index (χ3n) is 0.439. The van der Waals surface area contributed by atoms with Crippen molar-refractivity contribution in [2.75, 3.05) is 0 Å². The van der Waals surface area contributed by atoms with Crippen LogP contribution in [0.3, 0.4) is 0 Å². The summed E-state index contributed by atoms with van der Waals surface area (Å²) in [6, 6.07) is 0. The van der Waals surface area contributed by atoms with Gasteiger partial charge in [0.25, 0.3) is 0 Å². The van der Waals surface area contributed by atoms with Crippen molar-refractivity contribution in [3.63, 3.8) is 0 Å². The van der Waals surface area contributed by atoms with Crippen molar-refractivity contribution in [3.05, 3.63) is 0 Å². The number of hydrogen-bond acceptors (Lipinski definition) is 0. The molecular formula is C6H14Cl2Sn. The molecule has 0 saturated heterocycles. The topological polar surface area (TPSA) is 0 Å². The van der Waals surface area contributed by atoms with Gasteiger partial charge >= 0.3 is 88.4 Å². The molecule has 0 atom stereocenters. The molecular weight excluding hydrogens is 262 g/mol. The predicted octanol–water partition coefficient (Wildman–Crippen LogP) is 3.73. The monoisotopic (exact) mass is 290 g/mol. The van der Waals surface area contributed by atoms with Gasteiger partial charge in [-0.05, 0) is 0 Å². The van der Waals surface area contributed by atoms with E-state index in [-0.39, 0.29) is 0 Å². The van der Waals surface area contributed by atoms with Crippen molar-refractivity contribution in [1.29, 1.82) is 0 Å². The van der Waals surface area contributed by atoms with Crippen LogP contribution in [-0.4, -0.2) is 16.1 Å². The van der Waals surface area contributed by atoms with Crippen molar-refractivity contribution < 1.29 is 19.2 Å². The molecule has 0 aliphatic heterocycles. The first kappa shape index (κ1) is 1.67. The van der Waals surface area contributed by atoms with Crippen LogP contribution in [0.4, 0.5) is 0 Å². The summed E-state index contributed by atoms with van der Waals surface area (Å²) >= 11 is -6.44. The average Bonchev–Trinajstić information content (AvgIpc) is 2.24. The molecule has 0 bridgehead atoms. The molecule has 0 aliphatic carbocycles. The summed E-state index contributed by atoms with van der Waals surface area (Å²) < 4.78 is 95.7. The molecule has 0 heterocycles. The Morgan fingerprint density at radius 2 is 1.78 bits per heavy atom. The summed E-state index contributed by atoms with van der Waals surface area (Å²) in [6.07, 6.45) is -7.42. The molecule has 56 valence electrons. The SMILES string of the molecule is [2H]C([2H])([2H])C([2H])([2H])[C]([2H])([2H])[Sn]([Cl])([Cl])[C]([2H])([2H])C([2H])([2H])C([2H])([2H])[2H]. The van der Waals surface area contributed by atoms with Crippen LogP contribution >= 0.6 is 17.8 Å². The van der Waals surface area contributed by atoms with Gasteiger partial charge in [0.2, 0.25) is 0 Å². The fourth-order valence-corrected chi connectivity index (χ4v) is 2.53. The van der Waals surface area contributed by atoms with E-state index in [0.29, 0.717) is 0 Å². The molecule has 0 rings (SSSR count). The summed E-state index contributed by atoms with van der Waals surface area (Å²) in [4.78, 5) is 0. The second-order valence-electron chi connectivity index (χ2n) is 1.07. The Labute approximate surface area is 88.9 Å². The summed E-state index contributed by atoms with van der Waals surface area (Å²) in [6.45, 7) is -7.16. The third kappa shape index (κ3) is 5.81. The van der Waals surface area contributed by atoms with Gasteiger partial charge in [0.1, 0.15) is 0 Å². The second kappa shape index (κ2) is 5.09. The van der Waals surface area contributed by atoms with E-state index < -0.39 is 51.4 Å². The maximum atomic E-state index is 7.70. The zero-order valence-corrected chi connectivity index (χ0v) is 8.62. The maximum absolute atomic E-state index is 7.70. The normalized spacial score (nSPS) is 44.2. The van der Waals surface area contributed by atoms with E-state index in [1.807, 2.05) is 0 Å². The van der Waals surface area contributed by atoms with Crippen LogP contribution in [0.15, 0.2) is 0 Å². The summed E-state index contributed by atoms with van der Waals surface area (Å²) in [5, 5.41) is 0. The molecule has 0 unspecified atom stereocenters. The van der Waals surface area contributed by atoms with Gasteiger partial charge in [0, 0.05) is 0 Å². The molecule has 0 aromatic rings. The first-order valence-corrected chi connectivity index (χ1v) is 12.0. The van der Waals surface area contributed by atoms with Crippen molar-refractivity contribution >= 4 is 34.0 Å². The predicted molar refractivity (Wildman–Crippen MR) is 47.7 cm³/mol. The van der Waals surface area contributed by atoms with Crippen LogP contribution in [0.5, 0.6) is 0 Å². The van der Waals surface area contributed by atoms with E-state index in [2.05, 4.69) is 0 Å². The molecule has 9 heavy (non-hydrogen) atoms. The van der Waals surface area contributed by atoms with E-state index in [1.54, 1.807) is 0 Å². The van der Waals surface area contributed by atoms with Crippen molar-refractivity contribution in [2.24, 2.45) is 0 Å². The van der Waals surface area contributed by atoms with Gasteiger partial charge < -0.3 is 0 Å². The second-order valence-corrected chi connectivity index (χ2v) is 14.7. The summed E-state index contributed by atoms with van der Waals surface area (Å²) in [5.41, 5.74) is 0. The minimum atomic E-state index is -6.44. The first-order chi connectivity index (χ1) is 9.50. The first-order valence-electron chi connectivity index (χ1n) is 8.88. The Morgan fingerprint density at radius 3 is 2.11 bits per heavy atom. The van der Waals surface area contributed by atoms with E-state index in [0.717, 1.165) is 0 Å². The van der Waals surface area contributed by atoms with E-state index >= 15 is 0 Å². The van der Waals surface area contributed by atoms with Crippen LogP contribution in [0.1, 0.15) is 45.6 Å². The Bertz CT molecular complexity index is 407. The van der Waals surface area contributed by atoms with Gasteiger partial charge in [0.05, 0.1) is 0 Å². The van der Waals surface area contributed by atoms with Gasteiger partial charge in [-0.3, -0.25) is 0 Å². The van der Waals surface area contributed by atoms with Gasteiger partial charge in [0.15, 0.2) is 0 Å². The van der Waals surface area contributed by atoms with E-state index in [1.165, 1.54) is 0 Å². The van der Waals surface area contributed by atoms with Crippen LogP contribution < -0.4 is 0 Å². The summed E-state index contributed by atoms with van der Waals surface area (Å²) in [5.74, 6) is 0.